The van der Waals surface area contributed by atoms with Crippen LogP contribution in [0.4, 0.5) is 5.69 Å². The SMILES string of the molecule is CCCCCC#Cc1ccc(C#Cc2ccc(N=C=S)cc2)cc1. The molecular formula is C22H19NS. The molecule has 2 aromatic carbocycles. The van der Waals surface area contributed by atoms with Crippen LogP contribution in [0.25, 0.3) is 0 Å². The van der Waals surface area contributed by atoms with Crippen molar-refractivity contribution in [2.75, 3.05) is 0 Å². The van der Waals surface area contributed by atoms with E-state index in [2.05, 4.69) is 53.0 Å². The van der Waals surface area contributed by atoms with E-state index in [1.807, 2.05) is 48.5 Å². The molecule has 2 aromatic rings. The van der Waals surface area contributed by atoms with Gasteiger partial charge in [-0.15, -0.1) is 0 Å². The van der Waals surface area contributed by atoms with Gasteiger partial charge in [0, 0.05) is 23.1 Å². The number of unbranched alkanes of at least 4 members (excludes halogenated alkanes) is 3. The topological polar surface area (TPSA) is 12.4 Å². The molecule has 0 aliphatic heterocycles. The van der Waals surface area contributed by atoms with Gasteiger partial charge < -0.3 is 0 Å². The average molecular weight is 329 g/mol. The van der Waals surface area contributed by atoms with E-state index < -0.39 is 0 Å². The molecule has 0 fully saturated rings. The quantitative estimate of drug-likeness (QED) is 0.301. The maximum atomic E-state index is 4.58. The van der Waals surface area contributed by atoms with Gasteiger partial charge in [-0.3, -0.25) is 0 Å². The van der Waals surface area contributed by atoms with Gasteiger partial charge in [0.1, 0.15) is 0 Å². The zero-order valence-corrected chi connectivity index (χ0v) is 14.6. The minimum absolute atomic E-state index is 0.789. The molecule has 0 aliphatic carbocycles. The largest absolute Gasteiger partial charge is 0.195 e. The number of nitrogens with zero attached hydrogens (tertiary/aromatic N) is 1. The normalized spacial score (nSPS) is 9.04. The summed E-state index contributed by atoms with van der Waals surface area (Å²) in [4.78, 5) is 3.92. The minimum atomic E-state index is 0.789. The van der Waals surface area contributed by atoms with Crippen molar-refractivity contribution in [3.63, 3.8) is 0 Å². The Labute approximate surface area is 149 Å². The van der Waals surface area contributed by atoms with Crippen LogP contribution in [0.5, 0.6) is 0 Å². The average Bonchev–Trinajstić information content (AvgIpc) is 2.62. The first-order valence-electron chi connectivity index (χ1n) is 8.10. The number of hydrogen-bond donors (Lipinski definition) is 0. The van der Waals surface area contributed by atoms with Gasteiger partial charge in [-0.05, 0) is 67.2 Å². The Balaban J connectivity index is 1.97. The van der Waals surface area contributed by atoms with Crippen molar-refractivity contribution in [1.29, 1.82) is 0 Å². The fourth-order valence-electron chi connectivity index (χ4n) is 2.08. The first kappa shape index (κ1) is 17.7. The fourth-order valence-corrected chi connectivity index (χ4v) is 2.19. The molecule has 2 heteroatoms. The molecule has 0 unspecified atom stereocenters. The maximum absolute atomic E-state index is 4.58. The van der Waals surface area contributed by atoms with Gasteiger partial charge in [0.2, 0.25) is 0 Å². The predicted octanol–water partition coefficient (Wildman–Crippen LogP) is 5.75. The van der Waals surface area contributed by atoms with Crippen LogP contribution < -0.4 is 0 Å². The van der Waals surface area contributed by atoms with Crippen LogP contribution in [0.3, 0.4) is 0 Å². The van der Waals surface area contributed by atoms with Crippen LogP contribution in [-0.2, 0) is 0 Å². The summed E-state index contributed by atoms with van der Waals surface area (Å²) in [7, 11) is 0. The molecule has 118 valence electrons. The molecule has 0 aromatic heterocycles. The standard InChI is InChI=1S/C22H19NS/c1-2-3-4-5-6-7-19-8-10-20(11-9-19)12-13-21-14-16-22(17-15-21)23-18-24/h8-11,14-17H,2-5H2,1H3. The molecule has 0 radical (unpaired) electrons. The summed E-state index contributed by atoms with van der Waals surface area (Å²) in [5.41, 5.74) is 3.75. The number of hydrogen-bond acceptors (Lipinski definition) is 2. The Bertz CT molecular complexity index is 818. The number of aliphatic imine (C=N–C) groups is 1. The number of isothiocyanates is 1. The van der Waals surface area contributed by atoms with E-state index in [9.17, 15) is 0 Å². The van der Waals surface area contributed by atoms with Gasteiger partial charge in [0.05, 0.1) is 10.8 Å². The Hall–Kier alpha value is -2.64. The third-order valence-electron chi connectivity index (χ3n) is 3.42. The summed E-state index contributed by atoms with van der Waals surface area (Å²) in [5.74, 6) is 12.7. The van der Waals surface area contributed by atoms with Crippen LogP contribution in [0.2, 0.25) is 0 Å². The molecule has 24 heavy (non-hydrogen) atoms. The van der Waals surface area contributed by atoms with E-state index in [-0.39, 0.29) is 0 Å². The summed E-state index contributed by atoms with van der Waals surface area (Å²) >= 11 is 4.58. The molecule has 0 spiro atoms. The first-order chi connectivity index (χ1) is 11.8. The van der Waals surface area contributed by atoms with E-state index >= 15 is 0 Å². The highest BCUT2D eigenvalue weighted by Gasteiger charge is 1.91. The number of benzene rings is 2. The molecule has 1 nitrogen and oxygen atoms in total. The fraction of sp³-hybridized carbons (Fsp3) is 0.227. The highest BCUT2D eigenvalue weighted by molar-refractivity contribution is 7.78. The maximum Gasteiger partial charge on any atom is 0.0740 e. The van der Waals surface area contributed by atoms with Gasteiger partial charge in [0.25, 0.3) is 0 Å². The zero-order valence-electron chi connectivity index (χ0n) is 13.8. The van der Waals surface area contributed by atoms with Crippen molar-refractivity contribution >= 4 is 23.1 Å². The van der Waals surface area contributed by atoms with Crippen molar-refractivity contribution in [1.82, 2.24) is 0 Å². The van der Waals surface area contributed by atoms with Crippen molar-refractivity contribution in [3.05, 3.63) is 65.2 Å². The van der Waals surface area contributed by atoms with E-state index in [0.717, 1.165) is 28.8 Å². The molecule has 0 bridgehead atoms. The minimum Gasteiger partial charge on any atom is -0.195 e. The Morgan fingerprint density at radius 2 is 1.33 bits per heavy atom. The lowest BCUT2D eigenvalue weighted by Gasteiger charge is -1.93. The lowest BCUT2D eigenvalue weighted by molar-refractivity contribution is 0.737. The molecule has 0 atom stereocenters. The lowest BCUT2D eigenvalue weighted by Crippen LogP contribution is -1.79. The second-order valence-corrected chi connectivity index (χ2v) is 5.52. The third-order valence-corrected chi connectivity index (χ3v) is 3.51. The zero-order chi connectivity index (χ0) is 17.0. The molecule has 2 rings (SSSR count). The van der Waals surface area contributed by atoms with Crippen molar-refractivity contribution in [2.45, 2.75) is 32.6 Å². The number of thiocarbonyl (C=S) groups is 1. The summed E-state index contributed by atoms with van der Waals surface area (Å²) in [6, 6.07) is 15.7. The van der Waals surface area contributed by atoms with E-state index in [4.69, 9.17) is 0 Å². The predicted molar refractivity (Wildman–Crippen MR) is 105 cm³/mol. The molecule has 0 N–H and O–H groups in total. The lowest BCUT2D eigenvalue weighted by atomic mass is 10.1. The summed E-state index contributed by atoms with van der Waals surface area (Å²) in [5, 5.41) is 2.35. The second kappa shape index (κ2) is 10.2. The molecule has 0 saturated heterocycles. The molecule has 0 heterocycles. The number of rotatable bonds is 4. The summed E-state index contributed by atoms with van der Waals surface area (Å²) < 4.78 is 0. The van der Waals surface area contributed by atoms with Crippen LogP contribution in [0.15, 0.2) is 53.5 Å². The van der Waals surface area contributed by atoms with Gasteiger partial charge >= 0.3 is 0 Å². The summed E-state index contributed by atoms with van der Waals surface area (Å²) in [6.45, 7) is 2.20. The van der Waals surface area contributed by atoms with E-state index in [0.29, 0.717) is 0 Å². The van der Waals surface area contributed by atoms with E-state index in [1.165, 1.54) is 19.3 Å². The Morgan fingerprint density at radius 3 is 1.88 bits per heavy atom. The monoisotopic (exact) mass is 329 g/mol. The third kappa shape index (κ3) is 6.23. The van der Waals surface area contributed by atoms with Gasteiger partial charge in [-0.1, -0.05) is 43.4 Å². The smallest absolute Gasteiger partial charge is 0.0740 e. The molecule has 0 amide bonds. The van der Waals surface area contributed by atoms with Crippen LogP contribution in [0, 0.1) is 23.7 Å². The highest BCUT2D eigenvalue weighted by Crippen LogP contribution is 2.11. The van der Waals surface area contributed by atoms with Crippen LogP contribution in [0.1, 0.15) is 49.3 Å². The Kier molecular flexibility index (Phi) is 7.52. The van der Waals surface area contributed by atoms with Gasteiger partial charge in [-0.2, -0.15) is 4.99 Å². The first-order valence-corrected chi connectivity index (χ1v) is 8.51. The molecular weight excluding hydrogens is 310 g/mol. The highest BCUT2D eigenvalue weighted by atomic mass is 32.1. The second-order valence-electron chi connectivity index (χ2n) is 5.34. The summed E-state index contributed by atoms with van der Waals surface area (Å²) in [6.07, 6.45) is 4.64. The van der Waals surface area contributed by atoms with Crippen molar-refractivity contribution in [2.24, 2.45) is 4.99 Å². The Morgan fingerprint density at radius 1 is 0.792 bits per heavy atom. The molecule has 0 aliphatic rings. The van der Waals surface area contributed by atoms with Gasteiger partial charge in [-0.25, -0.2) is 0 Å². The van der Waals surface area contributed by atoms with Crippen molar-refractivity contribution in [3.8, 4) is 23.7 Å². The van der Waals surface area contributed by atoms with Crippen molar-refractivity contribution < 1.29 is 0 Å². The van der Waals surface area contributed by atoms with E-state index in [1.54, 1.807) is 0 Å². The van der Waals surface area contributed by atoms with Gasteiger partial charge in [0.15, 0.2) is 0 Å². The van der Waals surface area contributed by atoms with Crippen LogP contribution in [-0.4, -0.2) is 5.16 Å². The molecule has 0 saturated carbocycles. The van der Waals surface area contributed by atoms with Crippen LogP contribution >= 0.6 is 12.2 Å².